The summed E-state index contributed by atoms with van der Waals surface area (Å²) in [4.78, 5) is 12.6. The van der Waals surface area contributed by atoms with Crippen molar-refractivity contribution < 1.29 is 4.74 Å². The first kappa shape index (κ1) is 14.1. The quantitative estimate of drug-likeness (QED) is 0.571. The van der Waals surface area contributed by atoms with Crippen LogP contribution < -0.4 is 4.74 Å². The molecular formula is C16H13N7O. The second-order valence-electron chi connectivity index (χ2n) is 4.93. The van der Waals surface area contributed by atoms with Gasteiger partial charge in [0.05, 0.1) is 30.9 Å². The van der Waals surface area contributed by atoms with Crippen LogP contribution in [0.1, 0.15) is 0 Å². The summed E-state index contributed by atoms with van der Waals surface area (Å²) in [5.74, 6) is 0.932. The average Bonchev–Trinajstić information content (AvgIpc) is 3.32. The molecule has 24 heavy (non-hydrogen) atoms. The van der Waals surface area contributed by atoms with Gasteiger partial charge < -0.3 is 4.74 Å². The summed E-state index contributed by atoms with van der Waals surface area (Å²) in [6, 6.07) is 7.37. The molecule has 0 aliphatic carbocycles. The van der Waals surface area contributed by atoms with Crippen molar-refractivity contribution in [1.29, 1.82) is 0 Å². The maximum absolute atomic E-state index is 5.11. The van der Waals surface area contributed by atoms with E-state index < -0.39 is 0 Å². The fourth-order valence-corrected chi connectivity index (χ4v) is 2.23. The first-order chi connectivity index (χ1) is 11.8. The van der Waals surface area contributed by atoms with Crippen LogP contribution in [0.4, 0.5) is 0 Å². The smallest absolute Gasteiger partial charge is 0.253 e. The van der Waals surface area contributed by atoms with E-state index in [1.165, 1.54) is 0 Å². The normalized spacial score (nSPS) is 10.7. The SMILES string of the molecule is COc1ccnc(-n2ccc(-c3cnn(-c4cccnc4)c3)n2)n1. The van der Waals surface area contributed by atoms with Crippen LogP contribution in [0, 0.1) is 0 Å². The van der Waals surface area contributed by atoms with Gasteiger partial charge in [-0.05, 0) is 18.2 Å². The number of hydrogen-bond acceptors (Lipinski definition) is 6. The predicted molar refractivity (Wildman–Crippen MR) is 86.1 cm³/mol. The molecule has 0 N–H and O–H groups in total. The molecule has 8 heteroatoms. The van der Waals surface area contributed by atoms with E-state index in [0.717, 1.165) is 16.9 Å². The standard InChI is InChI=1S/C16H13N7O/c1-24-15-4-7-18-16(20-15)22-8-5-14(21-22)12-9-19-23(11-12)13-3-2-6-17-10-13/h2-11H,1H3. The fraction of sp³-hybridized carbons (Fsp3) is 0.0625. The van der Waals surface area contributed by atoms with Gasteiger partial charge in [0.15, 0.2) is 0 Å². The van der Waals surface area contributed by atoms with Gasteiger partial charge in [0.2, 0.25) is 5.88 Å². The van der Waals surface area contributed by atoms with E-state index in [9.17, 15) is 0 Å². The van der Waals surface area contributed by atoms with Crippen LogP contribution in [-0.4, -0.2) is 41.6 Å². The summed E-state index contributed by atoms with van der Waals surface area (Å²) in [6.07, 6.45) is 10.6. The molecule has 0 bridgehead atoms. The first-order valence-corrected chi connectivity index (χ1v) is 7.22. The monoisotopic (exact) mass is 319 g/mol. The van der Waals surface area contributed by atoms with Crippen molar-refractivity contribution in [3.8, 4) is 28.8 Å². The summed E-state index contributed by atoms with van der Waals surface area (Å²) >= 11 is 0. The van der Waals surface area contributed by atoms with Crippen LogP contribution in [0.15, 0.2) is 61.4 Å². The Morgan fingerprint density at radius 3 is 2.83 bits per heavy atom. The lowest BCUT2D eigenvalue weighted by atomic mass is 10.3. The Balaban J connectivity index is 1.64. The lowest BCUT2D eigenvalue weighted by Gasteiger charge is -2.01. The van der Waals surface area contributed by atoms with Crippen LogP contribution in [0.3, 0.4) is 0 Å². The second-order valence-corrected chi connectivity index (χ2v) is 4.93. The highest BCUT2D eigenvalue weighted by atomic mass is 16.5. The van der Waals surface area contributed by atoms with Gasteiger partial charge in [0.1, 0.15) is 0 Å². The van der Waals surface area contributed by atoms with E-state index in [1.807, 2.05) is 24.4 Å². The minimum atomic E-state index is 0.445. The molecule has 0 unspecified atom stereocenters. The third-order valence-electron chi connectivity index (χ3n) is 3.41. The minimum absolute atomic E-state index is 0.445. The first-order valence-electron chi connectivity index (χ1n) is 7.22. The van der Waals surface area contributed by atoms with Crippen molar-refractivity contribution in [3.63, 3.8) is 0 Å². The summed E-state index contributed by atoms with van der Waals surface area (Å²) in [7, 11) is 1.56. The summed E-state index contributed by atoms with van der Waals surface area (Å²) in [5.41, 5.74) is 2.55. The Kier molecular flexibility index (Phi) is 3.47. The molecule has 118 valence electrons. The van der Waals surface area contributed by atoms with E-state index in [-0.39, 0.29) is 0 Å². The van der Waals surface area contributed by atoms with E-state index in [0.29, 0.717) is 11.8 Å². The van der Waals surface area contributed by atoms with Gasteiger partial charge in [0.25, 0.3) is 5.95 Å². The van der Waals surface area contributed by atoms with Crippen molar-refractivity contribution >= 4 is 0 Å². The topological polar surface area (TPSA) is 83.5 Å². The largest absolute Gasteiger partial charge is 0.481 e. The minimum Gasteiger partial charge on any atom is -0.481 e. The highest BCUT2D eigenvalue weighted by molar-refractivity contribution is 5.57. The number of hydrogen-bond donors (Lipinski definition) is 0. The van der Waals surface area contributed by atoms with Crippen LogP contribution in [0.25, 0.3) is 22.9 Å². The van der Waals surface area contributed by atoms with Crippen LogP contribution in [0.5, 0.6) is 5.88 Å². The molecule has 4 aromatic heterocycles. The molecule has 0 radical (unpaired) electrons. The van der Waals surface area contributed by atoms with E-state index >= 15 is 0 Å². The van der Waals surface area contributed by atoms with Gasteiger partial charge in [-0.15, -0.1) is 0 Å². The van der Waals surface area contributed by atoms with E-state index in [4.69, 9.17) is 4.74 Å². The molecule has 4 heterocycles. The van der Waals surface area contributed by atoms with Crippen molar-refractivity contribution in [1.82, 2.24) is 34.5 Å². The molecule has 0 saturated heterocycles. The van der Waals surface area contributed by atoms with Gasteiger partial charge in [-0.2, -0.15) is 15.2 Å². The molecule has 0 spiro atoms. The fourth-order valence-electron chi connectivity index (χ4n) is 2.23. The van der Waals surface area contributed by atoms with E-state index in [1.54, 1.807) is 53.5 Å². The lowest BCUT2D eigenvalue weighted by Crippen LogP contribution is -2.02. The van der Waals surface area contributed by atoms with Crippen molar-refractivity contribution in [3.05, 3.63) is 61.4 Å². The van der Waals surface area contributed by atoms with Crippen LogP contribution in [0.2, 0.25) is 0 Å². The summed E-state index contributed by atoms with van der Waals surface area (Å²) < 4.78 is 8.46. The Hall–Kier alpha value is -3.55. The highest BCUT2D eigenvalue weighted by Crippen LogP contribution is 2.19. The molecular weight excluding hydrogens is 306 g/mol. The number of pyridine rings is 1. The molecule has 0 aromatic carbocycles. The predicted octanol–water partition coefficient (Wildman–Crippen LogP) is 1.92. The van der Waals surface area contributed by atoms with Crippen molar-refractivity contribution in [2.45, 2.75) is 0 Å². The Morgan fingerprint density at radius 1 is 1.04 bits per heavy atom. The number of ether oxygens (including phenoxy) is 1. The number of nitrogens with zero attached hydrogens (tertiary/aromatic N) is 7. The zero-order chi connectivity index (χ0) is 16.4. The van der Waals surface area contributed by atoms with E-state index in [2.05, 4.69) is 25.1 Å². The third kappa shape index (κ3) is 2.60. The third-order valence-corrected chi connectivity index (χ3v) is 3.41. The molecule has 0 aliphatic heterocycles. The molecule has 4 rings (SSSR count). The Labute approximate surface area is 137 Å². The molecule has 0 atom stereocenters. The van der Waals surface area contributed by atoms with Crippen LogP contribution in [-0.2, 0) is 0 Å². The van der Waals surface area contributed by atoms with Gasteiger partial charge in [-0.1, -0.05) is 0 Å². The Morgan fingerprint density at radius 2 is 2.00 bits per heavy atom. The highest BCUT2D eigenvalue weighted by Gasteiger charge is 2.09. The average molecular weight is 319 g/mol. The van der Waals surface area contributed by atoms with Crippen LogP contribution >= 0.6 is 0 Å². The maximum Gasteiger partial charge on any atom is 0.253 e. The van der Waals surface area contributed by atoms with Gasteiger partial charge in [-0.25, -0.2) is 14.3 Å². The molecule has 0 saturated carbocycles. The molecule has 0 amide bonds. The van der Waals surface area contributed by atoms with Crippen molar-refractivity contribution in [2.75, 3.05) is 7.11 Å². The Bertz CT molecular complexity index is 961. The molecule has 0 fully saturated rings. The molecule has 8 nitrogen and oxygen atoms in total. The molecule has 4 aromatic rings. The molecule has 0 aliphatic rings. The summed E-state index contributed by atoms with van der Waals surface area (Å²) in [6.45, 7) is 0. The number of aromatic nitrogens is 7. The number of methoxy groups -OCH3 is 1. The zero-order valence-electron chi connectivity index (χ0n) is 12.8. The van der Waals surface area contributed by atoms with Gasteiger partial charge in [-0.3, -0.25) is 4.98 Å². The lowest BCUT2D eigenvalue weighted by molar-refractivity contribution is 0.395. The van der Waals surface area contributed by atoms with Gasteiger partial charge >= 0.3 is 0 Å². The second kappa shape index (κ2) is 5.92. The summed E-state index contributed by atoms with van der Waals surface area (Å²) in [5, 5.41) is 8.85. The maximum atomic E-state index is 5.11. The zero-order valence-corrected chi connectivity index (χ0v) is 12.8. The van der Waals surface area contributed by atoms with Crippen molar-refractivity contribution in [2.24, 2.45) is 0 Å². The van der Waals surface area contributed by atoms with Gasteiger partial charge in [0, 0.05) is 36.4 Å². The number of rotatable bonds is 4.